The summed E-state index contributed by atoms with van der Waals surface area (Å²) in [6.07, 6.45) is 3.87. The van der Waals surface area contributed by atoms with Crippen LogP contribution >= 0.6 is 11.6 Å². The molecular weight excluding hydrogens is 420 g/mol. The van der Waals surface area contributed by atoms with Crippen molar-refractivity contribution in [3.63, 3.8) is 0 Å². The second-order valence-corrected chi connectivity index (χ2v) is 9.58. The highest BCUT2D eigenvalue weighted by Gasteiger charge is 2.71. The third kappa shape index (κ3) is 2.77. The summed E-state index contributed by atoms with van der Waals surface area (Å²) in [7, 11) is 0. The van der Waals surface area contributed by atoms with Crippen LogP contribution in [0.25, 0.3) is 0 Å². The zero-order valence-corrected chi connectivity index (χ0v) is 18.0. The Bertz CT molecular complexity index is 1020. The molecule has 31 heavy (non-hydrogen) atoms. The van der Waals surface area contributed by atoms with Crippen LogP contribution in [0.5, 0.6) is 0 Å². The molecule has 1 aromatic carbocycles. The largest absolute Gasteiger partial charge is 0.370 e. The second kappa shape index (κ2) is 7.03. The van der Waals surface area contributed by atoms with E-state index in [9.17, 15) is 19.2 Å². The van der Waals surface area contributed by atoms with Gasteiger partial charge in [0.25, 0.3) is 0 Å². The molecule has 1 saturated carbocycles. The van der Waals surface area contributed by atoms with Crippen molar-refractivity contribution >= 4 is 40.9 Å². The van der Waals surface area contributed by atoms with E-state index in [1.165, 1.54) is 4.90 Å². The highest BCUT2D eigenvalue weighted by molar-refractivity contribution is 6.35. The lowest BCUT2D eigenvalue weighted by Crippen LogP contribution is -2.54. The van der Waals surface area contributed by atoms with Crippen LogP contribution in [-0.4, -0.2) is 40.6 Å². The van der Waals surface area contributed by atoms with E-state index >= 15 is 0 Å². The molecule has 9 heteroatoms. The average Bonchev–Trinajstić information content (AvgIpc) is 3.43. The molecule has 5 rings (SSSR count). The smallest absolute Gasteiger partial charge is 0.250 e. The third-order valence-corrected chi connectivity index (χ3v) is 7.64. The van der Waals surface area contributed by atoms with Crippen LogP contribution in [0.4, 0.5) is 5.69 Å². The first kappa shape index (κ1) is 20.5. The number of aryl methyl sites for hydroxylation is 1. The predicted molar refractivity (Wildman–Crippen MR) is 113 cm³/mol. The monoisotopic (exact) mass is 444 g/mol. The van der Waals surface area contributed by atoms with Crippen molar-refractivity contribution in [2.24, 2.45) is 17.6 Å². The first-order chi connectivity index (χ1) is 14.8. The lowest BCUT2D eigenvalue weighted by atomic mass is 9.76. The number of nitrogens with one attached hydrogen (secondary N) is 2. The van der Waals surface area contributed by atoms with Crippen LogP contribution in [-0.2, 0) is 24.7 Å². The molecule has 3 aliphatic heterocycles. The fourth-order valence-electron chi connectivity index (χ4n) is 6.08. The Morgan fingerprint density at radius 3 is 2.61 bits per heavy atom. The maximum absolute atomic E-state index is 13.7. The number of nitrogens with two attached hydrogens (primary N) is 1. The Hall–Kier alpha value is -2.45. The number of halogens is 1. The van der Waals surface area contributed by atoms with E-state index in [0.29, 0.717) is 16.3 Å². The van der Waals surface area contributed by atoms with Crippen LogP contribution in [0.15, 0.2) is 12.1 Å². The van der Waals surface area contributed by atoms with Gasteiger partial charge in [0, 0.05) is 24.1 Å². The minimum atomic E-state index is -1.39. The van der Waals surface area contributed by atoms with Crippen LogP contribution in [0.2, 0.25) is 5.02 Å². The highest BCUT2D eigenvalue weighted by atomic mass is 35.5. The second-order valence-electron chi connectivity index (χ2n) is 9.18. The summed E-state index contributed by atoms with van der Waals surface area (Å²) in [4.78, 5) is 53.5. The fourth-order valence-corrected chi connectivity index (χ4v) is 6.41. The molecular formula is C22H25ClN4O4. The first-order valence-electron chi connectivity index (χ1n) is 10.8. The molecule has 2 unspecified atom stereocenters. The van der Waals surface area contributed by atoms with E-state index in [0.717, 1.165) is 31.2 Å². The Balaban J connectivity index is 1.64. The summed E-state index contributed by atoms with van der Waals surface area (Å²) in [6, 6.07) is 2.96. The maximum atomic E-state index is 13.7. The van der Waals surface area contributed by atoms with Crippen LogP contribution in [0, 0.1) is 18.8 Å². The van der Waals surface area contributed by atoms with Gasteiger partial charge in [0.15, 0.2) is 0 Å². The Morgan fingerprint density at radius 2 is 1.94 bits per heavy atom. The fraction of sp³-hybridized carbons (Fsp3) is 0.545. The van der Waals surface area contributed by atoms with E-state index in [4.69, 9.17) is 17.3 Å². The summed E-state index contributed by atoms with van der Waals surface area (Å²) >= 11 is 6.42. The number of imide groups is 1. The zero-order chi connectivity index (χ0) is 22.1. The molecule has 0 radical (unpaired) electrons. The number of rotatable bonds is 4. The van der Waals surface area contributed by atoms with E-state index in [1.807, 2.05) is 13.0 Å². The van der Waals surface area contributed by atoms with E-state index in [-0.39, 0.29) is 36.6 Å². The molecule has 4 amide bonds. The first-order valence-corrected chi connectivity index (χ1v) is 11.2. The summed E-state index contributed by atoms with van der Waals surface area (Å²) in [5, 5.41) is 6.54. The molecule has 0 aromatic heterocycles. The minimum Gasteiger partial charge on any atom is -0.370 e. The van der Waals surface area contributed by atoms with E-state index < -0.39 is 29.3 Å². The molecule has 8 nitrogen and oxygen atoms in total. The molecule has 3 fully saturated rings. The number of fused-ring (bicyclic) bond motifs is 4. The molecule has 2 saturated heterocycles. The minimum absolute atomic E-state index is 0.0604. The lowest BCUT2D eigenvalue weighted by Gasteiger charge is -2.31. The topological polar surface area (TPSA) is 122 Å². The number of nitrogens with zero attached hydrogens (tertiary/aromatic N) is 1. The molecule has 4 N–H and O–H groups in total. The number of likely N-dealkylation sites (tertiary alicyclic amines) is 1. The van der Waals surface area contributed by atoms with Crippen molar-refractivity contribution in [1.82, 2.24) is 10.2 Å². The van der Waals surface area contributed by atoms with Gasteiger partial charge in [0.1, 0.15) is 5.54 Å². The van der Waals surface area contributed by atoms with Crippen molar-refractivity contribution in [3.8, 4) is 0 Å². The number of amides is 4. The van der Waals surface area contributed by atoms with Crippen LogP contribution in [0.1, 0.15) is 49.7 Å². The molecule has 1 spiro atoms. The molecule has 164 valence electrons. The van der Waals surface area contributed by atoms with Gasteiger partial charge in [0.2, 0.25) is 23.6 Å². The SMILES string of the molecule is Cc1cc(Cl)c2c(c1)C1(NC(CCC(N)=O)[C@H]3C(=O)N(C4CCCC4)C(=O)[C@H]31)C(=O)N2. The number of carbonyl (C=O) groups is 4. The van der Waals surface area contributed by atoms with Crippen molar-refractivity contribution in [1.29, 1.82) is 0 Å². The van der Waals surface area contributed by atoms with Gasteiger partial charge in [0.05, 0.1) is 22.5 Å². The van der Waals surface area contributed by atoms with Crippen molar-refractivity contribution in [2.45, 2.75) is 63.1 Å². The molecule has 1 aromatic rings. The summed E-state index contributed by atoms with van der Waals surface area (Å²) in [6.45, 7) is 1.87. The Labute approximate surface area is 184 Å². The quantitative estimate of drug-likeness (QED) is 0.608. The number of anilines is 1. The van der Waals surface area contributed by atoms with Crippen molar-refractivity contribution in [3.05, 3.63) is 28.3 Å². The molecule has 3 heterocycles. The van der Waals surface area contributed by atoms with Crippen LogP contribution in [0.3, 0.4) is 0 Å². The predicted octanol–water partition coefficient (Wildman–Crippen LogP) is 1.58. The normalized spacial score (nSPS) is 32.1. The lowest BCUT2D eigenvalue weighted by molar-refractivity contribution is -0.145. The molecule has 0 bridgehead atoms. The number of hydrogen-bond acceptors (Lipinski definition) is 5. The van der Waals surface area contributed by atoms with E-state index in [2.05, 4.69) is 10.6 Å². The maximum Gasteiger partial charge on any atom is 0.250 e. The van der Waals surface area contributed by atoms with Gasteiger partial charge in [-0.1, -0.05) is 30.5 Å². The third-order valence-electron chi connectivity index (χ3n) is 7.35. The Morgan fingerprint density at radius 1 is 1.23 bits per heavy atom. The summed E-state index contributed by atoms with van der Waals surface area (Å²) < 4.78 is 0. The van der Waals surface area contributed by atoms with E-state index in [1.54, 1.807) is 6.07 Å². The number of hydrogen-bond donors (Lipinski definition) is 3. The van der Waals surface area contributed by atoms with Crippen molar-refractivity contribution < 1.29 is 19.2 Å². The van der Waals surface area contributed by atoms with Gasteiger partial charge in [-0.05, 0) is 37.8 Å². The number of benzene rings is 1. The average molecular weight is 445 g/mol. The highest BCUT2D eigenvalue weighted by Crippen LogP contribution is 2.55. The Kier molecular flexibility index (Phi) is 4.64. The number of primary amides is 1. The van der Waals surface area contributed by atoms with Crippen LogP contribution < -0.4 is 16.4 Å². The van der Waals surface area contributed by atoms with Gasteiger partial charge < -0.3 is 11.1 Å². The summed E-state index contributed by atoms with van der Waals surface area (Å²) in [5.41, 5.74) is 5.88. The van der Waals surface area contributed by atoms with Crippen molar-refractivity contribution in [2.75, 3.05) is 5.32 Å². The number of carbonyl (C=O) groups excluding carboxylic acids is 4. The van der Waals surface area contributed by atoms with Gasteiger partial charge >= 0.3 is 0 Å². The van der Waals surface area contributed by atoms with Gasteiger partial charge in [-0.3, -0.25) is 29.4 Å². The van der Waals surface area contributed by atoms with Gasteiger partial charge in [-0.2, -0.15) is 0 Å². The zero-order valence-electron chi connectivity index (χ0n) is 17.2. The van der Waals surface area contributed by atoms with Gasteiger partial charge in [-0.25, -0.2) is 0 Å². The molecule has 4 atom stereocenters. The molecule has 4 aliphatic rings. The molecule has 1 aliphatic carbocycles. The summed E-state index contributed by atoms with van der Waals surface area (Å²) in [5.74, 6) is -3.03. The standard InChI is InChI=1S/C22H25ClN4O4/c1-10-8-12-18(13(23)9-10)25-21(31)22(12)17-16(14(26-22)6-7-15(24)28)19(29)27(20(17)30)11-4-2-3-5-11/h8-9,11,14,16-17,26H,2-7H2,1H3,(H2,24,28)(H,25,31)/t14?,16-,17+,22?/m1/s1. The van der Waals surface area contributed by atoms with Gasteiger partial charge in [-0.15, -0.1) is 0 Å².